The maximum atomic E-state index is 12.9. The Balaban J connectivity index is 1.31. The second kappa shape index (κ2) is 10.9. The fourth-order valence-corrected chi connectivity index (χ4v) is 5.22. The zero-order valence-corrected chi connectivity index (χ0v) is 21.0. The molecule has 1 aliphatic rings. The van der Waals surface area contributed by atoms with Crippen molar-refractivity contribution in [3.05, 3.63) is 89.5 Å². The molecule has 184 valence electrons. The van der Waals surface area contributed by atoms with Gasteiger partial charge in [-0.05, 0) is 55.8 Å². The van der Waals surface area contributed by atoms with Gasteiger partial charge in [0.25, 0.3) is 15.9 Å². The first-order chi connectivity index (χ1) is 16.8. The SMILES string of the molecule is Cc1ccc(NS(=O)(=O)c2ccc(C)c(C(=O)NCCN3CCN(c4ccccc4)CC3)c2)cc1. The number of carbonyl (C=O) groups excluding carboxylic acids is 1. The number of nitrogens with zero attached hydrogens (tertiary/aromatic N) is 2. The van der Waals surface area contributed by atoms with Crippen LogP contribution in [-0.4, -0.2) is 58.5 Å². The van der Waals surface area contributed by atoms with Crippen LogP contribution in [-0.2, 0) is 10.0 Å². The number of carbonyl (C=O) groups is 1. The molecule has 0 unspecified atom stereocenters. The van der Waals surface area contributed by atoms with Crippen LogP contribution in [0.5, 0.6) is 0 Å². The van der Waals surface area contributed by atoms with Crippen molar-refractivity contribution in [1.82, 2.24) is 10.2 Å². The lowest BCUT2D eigenvalue weighted by atomic mass is 10.1. The Morgan fingerprint density at radius 2 is 1.57 bits per heavy atom. The number of para-hydroxylation sites is 1. The Kier molecular flexibility index (Phi) is 7.73. The molecule has 35 heavy (non-hydrogen) atoms. The second-order valence-electron chi connectivity index (χ2n) is 8.87. The predicted molar refractivity (Wildman–Crippen MR) is 141 cm³/mol. The van der Waals surface area contributed by atoms with E-state index in [-0.39, 0.29) is 10.8 Å². The van der Waals surface area contributed by atoms with Gasteiger partial charge in [-0.2, -0.15) is 0 Å². The number of rotatable bonds is 8. The smallest absolute Gasteiger partial charge is 0.261 e. The van der Waals surface area contributed by atoms with Gasteiger partial charge in [-0.3, -0.25) is 14.4 Å². The minimum absolute atomic E-state index is 0.0610. The summed E-state index contributed by atoms with van der Waals surface area (Å²) in [5.74, 6) is -0.266. The number of aryl methyl sites for hydroxylation is 2. The van der Waals surface area contributed by atoms with Gasteiger partial charge >= 0.3 is 0 Å². The first-order valence-corrected chi connectivity index (χ1v) is 13.3. The van der Waals surface area contributed by atoms with E-state index in [9.17, 15) is 13.2 Å². The summed E-state index contributed by atoms with van der Waals surface area (Å²) in [5, 5.41) is 2.96. The van der Waals surface area contributed by atoms with Crippen LogP contribution >= 0.6 is 0 Å². The van der Waals surface area contributed by atoms with E-state index in [1.807, 2.05) is 32.0 Å². The van der Waals surface area contributed by atoms with E-state index in [1.165, 1.54) is 17.8 Å². The van der Waals surface area contributed by atoms with Crippen LogP contribution in [0.25, 0.3) is 0 Å². The van der Waals surface area contributed by atoms with Crippen molar-refractivity contribution in [1.29, 1.82) is 0 Å². The molecule has 1 fully saturated rings. The third-order valence-electron chi connectivity index (χ3n) is 6.27. The minimum Gasteiger partial charge on any atom is -0.369 e. The molecule has 2 N–H and O–H groups in total. The van der Waals surface area contributed by atoms with Crippen molar-refractivity contribution in [2.45, 2.75) is 18.7 Å². The summed E-state index contributed by atoms with van der Waals surface area (Å²) in [6.45, 7) is 8.76. The van der Waals surface area contributed by atoms with E-state index in [4.69, 9.17) is 0 Å². The zero-order chi connectivity index (χ0) is 24.8. The van der Waals surface area contributed by atoms with E-state index < -0.39 is 10.0 Å². The molecule has 3 aromatic carbocycles. The normalized spacial score (nSPS) is 14.5. The summed E-state index contributed by atoms with van der Waals surface area (Å²) in [6.07, 6.45) is 0. The van der Waals surface area contributed by atoms with Crippen LogP contribution in [0.3, 0.4) is 0 Å². The van der Waals surface area contributed by atoms with Crippen molar-refractivity contribution in [3.8, 4) is 0 Å². The number of hydrogen-bond acceptors (Lipinski definition) is 5. The Morgan fingerprint density at radius 3 is 2.26 bits per heavy atom. The van der Waals surface area contributed by atoms with Gasteiger partial charge in [0, 0.05) is 56.2 Å². The molecule has 1 amide bonds. The molecule has 1 heterocycles. The highest BCUT2D eigenvalue weighted by molar-refractivity contribution is 7.92. The minimum atomic E-state index is -3.81. The number of nitrogens with one attached hydrogen (secondary N) is 2. The third-order valence-corrected chi connectivity index (χ3v) is 7.65. The van der Waals surface area contributed by atoms with E-state index in [0.717, 1.165) is 43.9 Å². The molecule has 0 bridgehead atoms. The highest BCUT2D eigenvalue weighted by Crippen LogP contribution is 2.20. The summed E-state index contributed by atoms with van der Waals surface area (Å²) in [7, 11) is -3.81. The molecule has 3 aromatic rings. The van der Waals surface area contributed by atoms with E-state index in [1.54, 1.807) is 18.2 Å². The highest BCUT2D eigenvalue weighted by Gasteiger charge is 2.20. The lowest BCUT2D eigenvalue weighted by Gasteiger charge is -2.36. The largest absolute Gasteiger partial charge is 0.369 e. The first kappa shape index (κ1) is 24.8. The van der Waals surface area contributed by atoms with Gasteiger partial charge in [-0.25, -0.2) is 8.42 Å². The topological polar surface area (TPSA) is 81.7 Å². The molecule has 0 aromatic heterocycles. The van der Waals surface area contributed by atoms with Gasteiger partial charge in [0.2, 0.25) is 0 Å². The average Bonchev–Trinajstić information content (AvgIpc) is 2.86. The lowest BCUT2D eigenvalue weighted by molar-refractivity contribution is 0.0947. The maximum absolute atomic E-state index is 12.9. The quantitative estimate of drug-likeness (QED) is 0.502. The average molecular weight is 493 g/mol. The predicted octanol–water partition coefficient (Wildman–Crippen LogP) is 3.66. The zero-order valence-electron chi connectivity index (χ0n) is 20.2. The fraction of sp³-hybridized carbons (Fsp3) is 0.296. The Labute approximate surface area is 207 Å². The van der Waals surface area contributed by atoms with Gasteiger partial charge < -0.3 is 10.2 Å². The number of hydrogen-bond donors (Lipinski definition) is 2. The van der Waals surface area contributed by atoms with Gasteiger partial charge in [-0.1, -0.05) is 42.0 Å². The molecular formula is C27H32N4O3S. The molecule has 1 aliphatic heterocycles. The van der Waals surface area contributed by atoms with Crippen LogP contribution < -0.4 is 14.9 Å². The molecule has 0 aliphatic carbocycles. The molecule has 0 radical (unpaired) electrons. The monoisotopic (exact) mass is 492 g/mol. The van der Waals surface area contributed by atoms with Gasteiger partial charge in [-0.15, -0.1) is 0 Å². The Bertz CT molecular complexity index is 1250. The van der Waals surface area contributed by atoms with Crippen molar-refractivity contribution in [2.75, 3.05) is 48.9 Å². The van der Waals surface area contributed by atoms with Crippen LogP contribution in [0, 0.1) is 13.8 Å². The summed E-state index contributed by atoms with van der Waals surface area (Å²) < 4.78 is 28.3. The molecular weight excluding hydrogens is 460 g/mol. The van der Waals surface area contributed by atoms with E-state index in [2.05, 4.69) is 44.1 Å². The fourth-order valence-electron chi connectivity index (χ4n) is 4.14. The van der Waals surface area contributed by atoms with Gasteiger partial charge in [0.1, 0.15) is 0 Å². The molecule has 4 rings (SSSR count). The van der Waals surface area contributed by atoms with Gasteiger partial charge in [0.15, 0.2) is 0 Å². The standard InChI is InChI=1S/C27H32N4O3S/c1-21-8-11-23(12-9-21)29-35(33,34)25-13-10-22(2)26(20-25)27(32)28-14-15-30-16-18-31(19-17-30)24-6-4-3-5-7-24/h3-13,20,29H,14-19H2,1-2H3,(H,28,32). The Morgan fingerprint density at radius 1 is 0.886 bits per heavy atom. The number of piperazine rings is 1. The Hall–Kier alpha value is -3.36. The third kappa shape index (κ3) is 6.41. The number of amides is 1. The summed E-state index contributed by atoms with van der Waals surface area (Å²) >= 11 is 0. The summed E-state index contributed by atoms with van der Waals surface area (Å²) in [5.41, 5.74) is 3.86. The first-order valence-electron chi connectivity index (χ1n) is 11.8. The number of anilines is 2. The number of sulfonamides is 1. The molecule has 7 nitrogen and oxygen atoms in total. The number of benzene rings is 3. The molecule has 8 heteroatoms. The van der Waals surface area contributed by atoms with Crippen molar-refractivity contribution in [3.63, 3.8) is 0 Å². The highest BCUT2D eigenvalue weighted by atomic mass is 32.2. The van der Waals surface area contributed by atoms with Crippen molar-refractivity contribution < 1.29 is 13.2 Å². The lowest BCUT2D eigenvalue weighted by Crippen LogP contribution is -2.48. The van der Waals surface area contributed by atoms with Gasteiger partial charge in [0.05, 0.1) is 4.90 Å². The van der Waals surface area contributed by atoms with Crippen molar-refractivity contribution in [2.24, 2.45) is 0 Å². The summed E-state index contributed by atoms with van der Waals surface area (Å²) in [6, 6.07) is 22.1. The molecule has 1 saturated heterocycles. The van der Waals surface area contributed by atoms with Crippen LogP contribution in [0.2, 0.25) is 0 Å². The molecule has 0 atom stereocenters. The van der Waals surface area contributed by atoms with Crippen molar-refractivity contribution >= 4 is 27.3 Å². The maximum Gasteiger partial charge on any atom is 0.261 e. The summed E-state index contributed by atoms with van der Waals surface area (Å²) in [4.78, 5) is 17.6. The second-order valence-corrected chi connectivity index (χ2v) is 10.6. The van der Waals surface area contributed by atoms with Crippen LogP contribution in [0.1, 0.15) is 21.5 Å². The van der Waals surface area contributed by atoms with E-state index >= 15 is 0 Å². The molecule has 0 spiro atoms. The van der Waals surface area contributed by atoms with Crippen LogP contribution in [0.4, 0.5) is 11.4 Å². The van der Waals surface area contributed by atoms with Crippen LogP contribution in [0.15, 0.2) is 77.7 Å². The molecule has 0 saturated carbocycles. The van der Waals surface area contributed by atoms with E-state index in [0.29, 0.717) is 17.8 Å².